The molecule has 3 rings (SSSR count). The maximum absolute atomic E-state index is 12.6. The molecule has 0 saturated carbocycles. The molecule has 0 bridgehead atoms. The molecular formula is C21H23N5O3. The van der Waals surface area contributed by atoms with Crippen LogP contribution in [0.3, 0.4) is 0 Å². The van der Waals surface area contributed by atoms with Gasteiger partial charge in [0.05, 0.1) is 23.4 Å². The molecule has 2 amide bonds. The van der Waals surface area contributed by atoms with E-state index in [0.717, 1.165) is 5.56 Å². The molecule has 0 aliphatic rings. The number of carbonyl (C=O) groups is 2. The van der Waals surface area contributed by atoms with E-state index in [4.69, 9.17) is 0 Å². The lowest BCUT2D eigenvalue weighted by Gasteiger charge is -2.19. The number of anilines is 1. The van der Waals surface area contributed by atoms with Crippen LogP contribution in [-0.4, -0.2) is 21.4 Å². The molecule has 150 valence electrons. The summed E-state index contributed by atoms with van der Waals surface area (Å²) >= 11 is 0. The first-order valence-corrected chi connectivity index (χ1v) is 9.36. The van der Waals surface area contributed by atoms with E-state index in [1.165, 1.54) is 11.5 Å². The standard InChI is InChI=1S/C21H23N5O3/c1-3-26-20(29)16-11-7-8-12-17(16)23-21(26)25-24-19(28)13-18(22-14(2)27)15-9-5-4-6-10-15/h4-12,18H,3,13H2,1-2H3,(H,22,27)(H,23,25)(H,24,28). The van der Waals surface area contributed by atoms with E-state index in [1.807, 2.05) is 37.3 Å². The van der Waals surface area contributed by atoms with E-state index in [1.54, 1.807) is 24.3 Å². The van der Waals surface area contributed by atoms with Gasteiger partial charge in [-0.3, -0.25) is 29.8 Å². The van der Waals surface area contributed by atoms with Crippen LogP contribution in [0.25, 0.3) is 10.9 Å². The molecule has 8 heteroatoms. The second-order valence-corrected chi connectivity index (χ2v) is 6.54. The smallest absolute Gasteiger partial charge is 0.262 e. The van der Waals surface area contributed by atoms with Gasteiger partial charge in [-0.1, -0.05) is 42.5 Å². The summed E-state index contributed by atoms with van der Waals surface area (Å²) in [4.78, 5) is 41.1. The second kappa shape index (κ2) is 9.01. The number of aromatic nitrogens is 2. The van der Waals surface area contributed by atoms with Crippen molar-refractivity contribution in [2.45, 2.75) is 32.9 Å². The Bertz CT molecular complexity index is 1080. The van der Waals surface area contributed by atoms with E-state index in [-0.39, 0.29) is 29.7 Å². The Morgan fingerprint density at radius 2 is 1.76 bits per heavy atom. The number of nitrogens with one attached hydrogen (secondary N) is 3. The van der Waals surface area contributed by atoms with Crippen molar-refractivity contribution >= 4 is 28.7 Å². The number of hydrazine groups is 1. The van der Waals surface area contributed by atoms with Crippen LogP contribution in [-0.2, 0) is 16.1 Å². The number of hydrogen-bond acceptors (Lipinski definition) is 5. The van der Waals surface area contributed by atoms with Crippen molar-refractivity contribution in [2.75, 3.05) is 5.43 Å². The summed E-state index contributed by atoms with van der Waals surface area (Å²) in [5.41, 5.74) is 6.51. The fourth-order valence-electron chi connectivity index (χ4n) is 3.10. The SMILES string of the molecule is CCn1c(NNC(=O)CC(NC(C)=O)c2ccccc2)nc2ccccc2c1=O. The van der Waals surface area contributed by atoms with Crippen LogP contribution >= 0.6 is 0 Å². The van der Waals surface area contributed by atoms with Gasteiger partial charge in [-0.05, 0) is 24.6 Å². The van der Waals surface area contributed by atoms with Crippen LogP contribution in [0.2, 0.25) is 0 Å². The Kier molecular flexibility index (Phi) is 6.23. The van der Waals surface area contributed by atoms with Gasteiger partial charge in [0.2, 0.25) is 17.8 Å². The van der Waals surface area contributed by atoms with E-state index >= 15 is 0 Å². The third-order valence-electron chi connectivity index (χ3n) is 4.46. The van der Waals surface area contributed by atoms with Gasteiger partial charge in [0.1, 0.15) is 0 Å². The van der Waals surface area contributed by atoms with E-state index < -0.39 is 6.04 Å². The first kappa shape index (κ1) is 20.1. The first-order valence-electron chi connectivity index (χ1n) is 9.36. The molecule has 1 atom stereocenters. The highest BCUT2D eigenvalue weighted by atomic mass is 16.2. The molecule has 3 aromatic rings. The molecule has 3 N–H and O–H groups in total. The summed E-state index contributed by atoms with van der Waals surface area (Å²) < 4.78 is 1.45. The predicted octanol–water partition coefficient (Wildman–Crippen LogP) is 2.13. The highest BCUT2D eigenvalue weighted by Gasteiger charge is 2.17. The Hall–Kier alpha value is -3.68. The molecule has 8 nitrogen and oxygen atoms in total. The molecule has 1 aromatic heterocycles. The molecule has 0 aliphatic heterocycles. The maximum Gasteiger partial charge on any atom is 0.262 e. The largest absolute Gasteiger partial charge is 0.349 e. The van der Waals surface area contributed by atoms with Gasteiger partial charge >= 0.3 is 0 Å². The number of carbonyl (C=O) groups excluding carboxylic acids is 2. The van der Waals surface area contributed by atoms with Crippen LogP contribution in [0.15, 0.2) is 59.4 Å². The van der Waals surface area contributed by atoms with Crippen molar-refractivity contribution in [3.05, 3.63) is 70.5 Å². The van der Waals surface area contributed by atoms with Crippen molar-refractivity contribution in [2.24, 2.45) is 0 Å². The van der Waals surface area contributed by atoms with Crippen molar-refractivity contribution in [3.63, 3.8) is 0 Å². The summed E-state index contributed by atoms with van der Waals surface area (Å²) in [7, 11) is 0. The Labute approximate surface area is 167 Å². The van der Waals surface area contributed by atoms with Crippen LogP contribution < -0.4 is 21.7 Å². The third-order valence-corrected chi connectivity index (χ3v) is 4.46. The summed E-state index contributed by atoms with van der Waals surface area (Å²) in [6, 6.07) is 15.8. The second-order valence-electron chi connectivity index (χ2n) is 6.54. The summed E-state index contributed by atoms with van der Waals surface area (Å²) in [5, 5.41) is 3.30. The highest BCUT2D eigenvalue weighted by Crippen LogP contribution is 2.16. The zero-order valence-electron chi connectivity index (χ0n) is 16.3. The van der Waals surface area contributed by atoms with E-state index in [9.17, 15) is 14.4 Å². The molecule has 0 fully saturated rings. The van der Waals surface area contributed by atoms with Crippen LogP contribution in [0, 0.1) is 0 Å². The number of benzene rings is 2. The molecule has 0 aliphatic carbocycles. The summed E-state index contributed by atoms with van der Waals surface area (Å²) in [6.45, 7) is 3.63. The van der Waals surface area contributed by atoms with Gasteiger partial charge in [-0.25, -0.2) is 4.98 Å². The van der Waals surface area contributed by atoms with Gasteiger partial charge in [0, 0.05) is 13.5 Å². The highest BCUT2D eigenvalue weighted by molar-refractivity contribution is 5.81. The van der Waals surface area contributed by atoms with Gasteiger partial charge in [-0.15, -0.1) is 0 Å². The molecular weight excluding hydrogens is 370 g/mol. The van der Waals surface area contributed by atoms with Crippen molar-refractivity contribution in [3.8, 4) is 0 Å². The minimum atomic E-state index is -0.464. The lowest BCUT2D eigenvalue weighted by atomic mass is 10.0. The van der Waals surface area contributed by atoms with Gasteiger partial charge in [0.15, 0.2) is 0 Å². The van der Waals surface area contributed by atoms with Crippen LogP contribution in [0.5, 0.6) is 0 Å². The minimum Gasteiger partial charge on any atom is -0.349 e. The number of hydrogen-bond donors (Lipinski definition) is 3. The average molecular weight is 393 g/mol. The quantitative estimate of drug-likeness (QED) is 0.534. The maximum atomic E-state index is 12.6. The monoisotopic (exact) mass is 393 g/mol. The molecule has 0 spiro atoms. The third kappa shape index (κ3) is 4.78. The molecule has 2 aromatic carbocycles. The molecule has 1 unspecified atom stereocenters. The lowest BCUT2D eigenvalue weighted by molar-refractivity contribution is -0.122. The Balaban J connectivity index is 1.76. The average Bonchev–Trinajstić information content (AvgIpc) is 2.72. The number of rotatable bonds is 7. The zero-order valence-corrected chi connectivity index (χ0v) is 16.3. The molecule has 29 heavy (non-hydrogen) atoms. The molecule has 0 radical (unpaired) electrons. The van der Waals surface area contributed by atoms with Gasteiger partial charge < -0.3 is 5.32 Å². The van der Waals surface area contributed by atoms with Crippen LogP contribution in [0.1, 0.15) is 31.9 Å². The molecule has 0 saturated heterocycles. The van der Waals surface area contributed by atoms with Crippen molar-refractivity contribution in [1.82, 2.24) is 20.3 Å². The number of fused-ring (bicyclic) bond motifs is 1. The number of amides is 2. The van der Waals surface area contributed by atoms with Gasteiger partial charge in [-0.2, -0.15) is 0 Å². The van der Waals surface area contributed by atoms with E-state index in [2.05, 4.69) is 21.2 Å². The Morgan fingerprint density at radius 1 is 1.07 bits per heavy atom. The Morgan fingerprint density at radius 3 is 2.45 bits per heavy atom. The van der Waals surface area contributed by atoms with Crippen molar-refractivity contribution < 1.29 is 9.59 Å². The predicted molar refractivity (Wildman–Crippen MR) is 111 cm³/mol. The normalized spacial score (nSPS) is 11.7. The van der Waals surface area contributed by atoms with E-state index in [0.29, 0.717) is 17.4 Å². The minimum absolute atomic E-state index is 0.0283. The fraction of sp³-hybridized carbons (Fsp3) is 0.238. The van der Waals surface area contributed by atoms with Crippen LogP contribution in [0.4, 0.5) is 5.95 Å². The number of para-hydroxylation sites is 1. The van der Waals surface area contributed by atoms with Crippen molar-refractivity contribution in [1.29, 1.82) is 0 Å². The topological polar surface area (TPSA) is 105 Å². The van der Waals surface area contributed by atoms with Gasteiger partial charge in [0.25, 0.3) is 5.56 Å². The fourth-order valence-corrected chi connectivity index (χ4v) is 3.10. The lowest BCUT2D eigenvalue weighted by Crippen LogP contribution is -2.37. The number of nitrogens with zero attached hydrogens (tertiary/aromatic N) is 2. The summed E-state index contributed by atoms with van der Waals surface area (Å²) in [6.07, 6.45) is 0.0283. The summed E-state index contributed by atoms with van der Waals surface area (Å²) in [5.74, 6) is -0.325. The zero-order chi connectivity index (χ0) is 20.8. The first-order chi connectivity index (χ1) is 14.0. The molecule has 1 heterocycles.